The predicted molar refractivity (Wildman–Crippen MR) is 95.2 cm³/mol. The molecule has 0 aliphatic heterocycles. The monoisotopic (exact) mass is 359 g/mol. The standard InChI is InChI=1S/C16H14ClN5OS/c1-10-8-12(17)2-3-13(10)19-14(23)9-24-16-20-15(21-22-16)11-4-6-18-7-5-11/h2-8H,9H2,1H3,(H,19,23)(H,20,21,22). The summed E-state index contributed by atoms with van der Waals surface area (Å²) in [4.78, 5) is 20.4. The van der Waals surface area contributed by atoms with Gasteiger partial charge in [-0.3, -0.25) is 14.9 Å². The zero-order valence-electron chi connectivity index (χ0n) is 12.8. The van der Waals surface area contributed by atoms with Crippen molar-refractivity contribution in [1.82, 2.24) is 20.2 Å². The number of hydrogen-bond donors (Lipinski definition) is 2. The van der Waals surface area contributed by atoms with Crippen LogP contribution in [0, 0.1) is 6.92 Å². The van der Waals surface area contributed by atoms with E-state index >= 15 is 0 Å². The fourth-order valence-electron chi connectivity index (χ4n) is 2.03. The lowest BCUT2D eigenvalue weighted by atomic mass is 10.2. The summed E-state index contributed by atoms with van der Waals surface area (Å²) in [6.07, 6.45) is 3.37. The van der Waals surface area contributed by atoms with Gasteiger partial charge in [0, 0.05) is 28.7 Å². The number of nitrogens with one attached hydrogen (secondary N) is 2. The second-order valence-corrected chi connectivity index (χ2v) is 6.38. The highest BCUT2D eigenvalue weighted by atomic mass is 35.5. The third kappa shape index (κ3) is 4.12. The van der Waals surface area contributed by atoms with E-state index in [0.29, 0.717) is 16.0 Å². The van der Waals surface area contributed by atoms with Gasteiger partial charge in [-0.25, -0.2) is 4.98 Å². The number of halogens is 1. The third-order valence-electron chi connectivity index (χ3n) is 3.21. The van der Waals surface area contributed by atoms with Crippen LogP contribution < -0.4 is 5.32 Å². The lowest BCUT2D eigenvalue weighted by Gasteiger charge is -2.07. The van der Waals surface area contributed by atoms with Crippen LogP contribution >= 0.6 is 23.4 Å². The molecule has 0 aliphatic carbocycles. The number of anilines is 1. The number of aromatic amines is 1. The molecule has 1 aromatic carbocycles. The normalized spacial score (nSPS) is 10.6. The van der Waals surface area contributed by atoms with Crippen LogP contribution in [0.4, 0.5) is 5.69 Å². The Balaban J connectivity index is 1.58. The number of carbonyl (C=O) groups excluding carboxylic acids is 1. The van der Waals surface area contributed by atoms with Gasteiger partial charge < -0.3 is 5.32 Å². The minimum absolute atomic E-state index is 0.124. The Bertz CT molecular complexity index is 853. The molecule has 3 rings (SSSR count). The summed E-state index contributed by atoms with van der Waals surface area (Å²) in [5.41, 5.74) is 2.56. The Hall–Kier alpha value is -2.38. The van der Waals surface area contributed by atoms with Gasteiger partial charge in [0.05, 0.1) is 5.75 Å². The molecular weight excluding hydrogens is 346 g/mol. The number of H-pyrrole nitrogens is 1. The molecule has 0 saturated heterocycles. The van der Waals surface area contributed by atoms with Crippen LogP contribution in [0.15, 0.2) is 47.9 Å². The lowest BCUT2D eigenvalue weighted by Crippen LogP contribution is -2.14. The summed E-state index contributed by atoms with van der Waals surface area (Å²) < 4.78 is 0. The molecule has 1 amide bonds. The van der Waals surface area contributed by atoms with Gasteiger partial charge in [0.15, 0.2) is 5.82 Å². The summed E-state index contributed by atoms with van der Waals surface area (Å²) in [5, 5.41) is 11.0. The number of thioether (sulfide) groups is 1. The minimum Gasteiger partial charge on any atom is -0.325 e. The molecule has 6 nitrogen and oxygen atoms in total. The molecule has 2 aromatic heterocycles. The van der Waals surface area contributed by atoms with Crippen LogP contribution in [0.25, 0.3) is 11.4 Å². The summed E-state index contributed by atoms with van der Waals surface area (Å²) >= 11 is 7.17. The van der Waals surface area contributed by atoms with Crippen molar-refractivity contribution in [2.45, 2.75) is 12.1 Å². The summed E-state index contributed by atoms with van der Waals surface area (Å²) in [6.45, 7) is 1.89. The predicted octanol–water partition coefficient (Wildman–Crippen LogP) is 3.56. The Morgan fingerprint density at radius 2 is 2.08 bits per heavy atom. The van der Waals surface area contributed by atoms with Gasteiger partial charge in [0.25, 0.3) is 0 Å². The van der Waals surface area contributed by atoms with E-state index in [4.69, 9.17) is 11.6 Å². The second kappa shape index (κ2) is 7.46. The summed E-state index contributed by atoms with van der Waals surface area (Å²) in [6, 6.07) is 9.01. The van der Waals surface area contributed by atoms with Crippen molar-refractivity contribution in [1.29, 1.82) is 0 Å². The maximum atomic E-state index is 12.1. The molecule has 2 heterocycles. The third-order valence-corrected chi connectivity index (χ3v) is 4.30. The molecule has 0 atom stereocenters. The quantitative estimate of drug-likeness (QED) is 0.680. The number of rotatable bonds is 5. The van der Waals surface area contributed by atoms with Crippen molar-refractivity contribution in [3.05, 3.63) is 53.3 Å². The summed E-state index contributed by atoms with van der Waals surface area (Å²) in [7, 11) is 0. The molecule has 0 radical (unpaired) electrons. The van der Waals surface area contributed by atoms with Gasteiger partial charge in [-0.05, 0) is 42.8 Å². The first-order valence-corrected chi connectivity index (χ1v) is 8.50. The van der Waals surface area contributed by atoms with Crippen LogP contribution in [0.1, 0.15) is 5.56 Å². The number of pyridine rings is 1. The zero-order valence-corrected chi connectivity index (χ0v) is 14.4. The molecule has 2 N–H and O–H groups in total. The number of amides is 1. The number of hydrogen-bond acceptors (Lipinski definition) is 5. The molecule has 24 heavy (non-hydrogen) atoms. The second-order valence-electron chi connectivity index (χ2n) is 5.00. The average molecular weight is 360 g/mol. The number of aryl methyl sites for hydroxylation is 1. The van der Waals surface area contributed by atoms with Crippen LogP contribution in [-0.4, -0.2) is 31.8 Å². The molecule has 0 aliphatic rings. The van der Waals surface area contributed by atoms with E-state index in [1.54, 1.807) is 30.6 Å². The maximum absolute atomic E-state index is 12.1. The fraction of sp³-hybridized carbons (Fsp3) is 0.125. The van der Waals surface area contributed by atoms with E-state index in [9.17, 15) is 4.79 Å². The topological polar surface area (TPSA) is 83.6 Å². The van der Waals surface area contributed by atoms with Crippen molar-refractivity contribution in [3.63, 3.8) is 0 Å². The van der Waals surface area contributed by atoms with Gasteiger partial charge in [-0.15, -0.1) is 5.10 Å². The summed E-state index contributed by atoms with van der Waals surface area (Å²) in [5.74, 6) is 0.741. The number of carbonyl (C=O) groups is 1. The van der Waals surface area contributed by atoms with Crippen LogP contribution in [0.2, 0.25) is 5.02 Å². The Morgan fingerprint density at radius 3 is 2.83 bits per heavy atom. The van der Waals surface area contributed by atoms with Gasteiger partial charge in [-0.1, -0.05) is 23.4 Å². The van der Waals surface area contributed by atoms with E-state index in [-0.39, 0.29) is 11.7 Å². The molecule has 0 unspecified atom stereocenters. The van der Waals surface area contributed by atoms with E-state index in [1.807, 2.05) is 19.1 Å². The van der Waals surface area contributed by atoms with Crippen molar-refractivity contribution >= 4 is 35.0 Å². The highest BCUT2D eigenvalue weighted by molar-refractivity contribution is 7.99. The van der Waals surface area contributed by atoms with Crippen molar-refractivity contribution < 1.29 is 4.79 Å². The lowest BCUT2D eigenvalue weighted by molar-refractivity contribution is -0.113. The number of nitrogens with zero attached hydrogens (tertiary/aromatic N) is 3. The molecule has 0 fully saturated rings. The van der Waals surface area contributed by atoms with Gasteiger partial charge in [0.1, 0.15) is 0 Å². The highest BCUT2D eigenvalue weighted by Gasteiger charge is 2.10. The van der Waals surface area contributed by atoms with E-state index in [0.717, 1.165) is 16.8 Å². The van der Waals surface area contributed by atoms with Crippen LogP contribution in [-0.2, 0) is 4.79 Å². The van der Waals surface area contributed by atoms with Gasteiger partial charge in [0.2, 0.25) is 11.1 Å². The van der Waals surface area contributed by atoms with Gasteiger partial charge >= 0.3 is 0 Å². The molecule has 0 spiro atoms. The SMILES string of the molecule is Cc1cc(Cl)ccc1NC(=O)CSc1n[nH]c(-c2ccncc2)n1. The van der Waals surface area contributed by atoms with E-state index in [2.05, 4.69) is 25.5 Å². The van der Waals surface area contributed by atoms with Crippen molar-refractivity contribution in [2.75, 3.05) is 11.1 Å². The Kier molecular flexibility index (Phi) is 5.12. The largest absolute Gasteiger partial charge is 0.325 e. The smallest absolute Gasteiger partial charge is 0.234 e. The van der Waals surface area contributed by atoms with E-state index < -0.39 is 0 Å². The highest BCUT2D eigenvalue weighted by Crippen LogP contribution is 2.21. The maximum Gasteiger partial charge on any atom is 0.234 e. The fourth-order valence-corrected chi connectivity index (χ4v) is 2.86. The first kappa shape index (κ1) is 16.5. The van der Waals surface area contributed by atoms with Crippen molar-refractivity contribution in [3.8, 4) is 11.4 Å². The molecule has 122 valence electrons. The zero-order chi connectivity index (χ0) is 16.9. The number of aromatic nitrogens is 4. The molecule has 0 bridgehead atoms. The average Bonchev–Trinajstić information content (AvgIpc) is 3.05. The Labute approximate surface area is 148 Å². The minimum atomic E-state index is -0.124. The molecule has 8 heteroatoms. The molecule has 3 aromatic rings. The molecule has 0 saturated carbocycles. The molecular formula is C16H14ClN5OS. The Morgan fingerprint density at radius 1 is 1.29 bits per heavy atom. The van der Waals surface area contributed by atoms with E-state index in [1.165, 1.54) is 11.8 Å². The van der Waals surface area contributed by atoms with Crippen LogP contribution in [0.5, 0.6) is 0 Å². The van der Waals surface area contributed by atoms with Crippen LogP contribution in [0.3, 0.4) is 0 Å². The van der Waals surface area contributed by atoms with Gasteiger partial charge in [-0.2, -0.15) is 0 Å². The first-order chi connectivity index (χ1) is 11.6. The number of benzene rings is 1. The first-order valence-electron chi connectivity index (χ1n) is 7.13. The van der Waals surface area contributed by atoms with Crippen molar-refractivity contribution in [2.24, 2.45) is 0 Å².